The number of hydrogen-bond acceptors (Lipinski definition) is 6. The van der Waals surface area contributed by atoms with Crippen molar-refractivity contribution < 1.29 is 9.53 Å². The van der Waals surface area contributed by atoms with E-state index in [1.54, 1.807) is 4.90 Å². The minimum atomic E-state index is -0.446. The Balaban J connectivity index is 0.00000288. The van der Waals surface area contributed by atoms with Crippen LogP contribution in [0.15, 0.2) is 4.99 Å². The van der Waals surface area contributed by atoms with Gasteiger partial charge in [0.1, 0.15) is 5.60 Å². The van der Waals surface area contributed by atoms with Crippen molar-refractivity contribution in [3.63, 3.8) is 0 Å². The Bertz CT molecular complexity index is 452. The molecule has 0 aromatic heterocycles. The Hall–Kier alpha value is -0.770. The van der Waals surface area contributed by atoms with Gasteiger partial charge in [-0.1, -0.05) is 6.92 Å². The molecule has 1 fully saturated rings. The molecule has 0 spiro atoms. The van der Waals surface area contributed by atoms with Gasteiger partial charge >= 0.3 is 6.09 Å². The molecule has 1 N–H and O–H groups in total. The van der Waals surface area contributed by atoms with Gasteiger partial charge in [0.15, 0.2) is 5.96 Å². The molecule has 0 aromatic carbocycles. The fourth-order valence-corrected chi connectivity index (χ4v) is 2.74. The van der Waals surface area contributed by atoms with Crippen LogP contribution in [-0.2, 0) is 4.74 Å². The molecule has 1 unspecified atom stereocenters. The first kappa shape index (κ1) is 21.3. The van der Waals surface area contributed by atoms with E-state index in [2.05, 4.69) is 34.1 Å². The number of ether oxygens (including phenoxy) is 1. The number of halogens is 1. The van der Waals surface area contributed by atoms with Crippen molar-refractivity contribution in [3.8, 4) is 0 Å². The van der Waals surface area contributed by atoms with Gasteiger partial charge in [0.05, 0.1) is 12.6 Å². The van der Waals surface area contributed by atoms with E-state index < -0.39 is 5.60 Å². The fraction of sp³-hybridized carbons (Fsp3) is 0.875. The number of amides is 1. The number of carbonyl (C=O) groups excluding carboxylic acids is 1. The molecule has 0 aromatic rings. The number of fused-ring (bicyclic) bond motifs is 1. The summed E-state index contributed by atoms with van der Waals surface area (Å²) in [6, 6.07) is 0.266. The van der Waals surface area contributed by atoms with Crippen molar-refractivity contribution >= 4 is 36.0 Å². The van der Waals surface area contributed by atoms with Gasteiger partial charge < -0.3 is 24.8 Å². The quantitative estimate of drug-likeness (QED) is 0.653. The van der Waals surface area contributed by atoms with Crippen LogP contribution in [0.1, 0.15) is 27.7 Å². The molecule has 2 heterocycles. The molecule has 2 aliphatic rings. The van der Waals surface area contributed by atoms with Gasteiger partial charge in [-0.15, -0.1) is 24.0 Å². The molecule has 24 heavy (non-hydrogen) atoms. The van der Waals surface area contributed by atoms with E-state index in [0.717, 1.165) is 38.7 Å². The average Bonchev–Trinajstić information content (AvgIpc) is 2.87. The second-order valence-corrected chi connectivity index (χ2v) is 7.26. The van der Waals surface area contributed by atoms with Gasteiger partial charge in [-0.05, 0) is 34.4 Å². The summed E-state index contributed by atoms with van der Waals surface area (Å²) in [6.07, 6.45) is -0.219. The van der Waals surface area contributed by atoms with Crippen molar-refractivity contribution in [2.45, 2.75) is 39.3 Å². The molecule has 0 radical (unpaired) electrons. The van der Waals surface area contributed by atoms with Crippen LogP contribution in [0.2, 0.25) is 0 Å². The largest absolute Gasteiger partial charge is 0.444 e. The first-order chi connectivity index (χ1) is 10.8. The van der Waals surface area contributed by atoms with E-state index in [-0.39, 0.29) is 36.1 Å². The fourth-order valence-electron chi connectivity index (χ4n) is 2.74. The predicted molar refractivity (Wildman–Crippen MR) is 107 cm³/mol. The second kappa shape index (κ2) is 9.07. The van der Waals surface area contributed by atoms with Crippen LogP contribution >= 0.6 is 24.0 Å². The van der Waals surface area contributed by atoms with E-state index in [1.165, 1.54) is 0 Å². The predicted octanol–water partition coefficient (Wildman–Crippen LogP) is 1.44. The standard InChI is InChI=1S/C16H31N5O2.HI/c1-6-19(5)8-7-17-14-18-11-13-12-20(9-10-21(13)14)15(22)23-16(2,3)4;/h13H,6-12H2,1-5H3,(H,17,18);1H. The number of carbonyl (C=O) groups is 1. The van der Waals surface area contributed by atoms with Crippen LogP contribution in [0.4, 0.5) is 4.79 Å². The molecule has 1 atom stereocenters. The first-order valence-electron chi connectivity index (χ1n) is 8.51. The van der Waals surface area contributed by atoms with E-state index in [0.29, 0.717) is 13.1 Å². The summed E-state index contributed by atoms with van der Waals surface area (Å²) >= 11 is 0. The number of nitrogens with zero attached hydrogens (tertiary/aromatic N) is 4. The van der Waals surface area contributed by atoms with Gasteiger partial charge in [0.2, 0.25) is 0 Å². The summed E-state index contributed by atoms with van der Waals surface area (Å²) in [4.78, 5) is 23.1. The third-order valence-electron chi connectivity index (χ3n) is 4.17. The zero-order valence-corrected chi connectivity index (χ0v) is 17.9. The first-order valence-corrected chi connectivity index (χ1v) is 8.51. The lowest BCUT2D eigenvalue weighted by molar-refractivity contribution is 0.0137. The SMILES string of the molecule is CCN(C)CCNC1=NCC2CN(C(=O)OC(C)(C)C)CCN12.I. The van der Waals surface area contributed by atoms with Gasteiger partial charge in [-0.25, -0.2) is 4.79 Å². The normalized spacial score (nSPS) is 20.4. The van der Waals surface area contributed by atoms with E-state index in [9.17, 15) is 4.79 Å². The van der Waals surface area contributed by atoms with Crippen molar-refractivity contribution in [1.29, 1.82) is 0 Å². The number of aliphatic imine (C=N–C) groups is 1. The number of rotatable bonds is 4. The van der Waals surface area contributed by atoms with Crippen molar-refractivity contribution in [2.75, 3.05) is 52.9 Å². The molecule has 0 saturated carbocycles. The summed E-state index contributed by atoms with van der Waals surface area (Å²) in [6.45, 7) is 13.7. The minimum absolute atomic E-state index is 0. The molecule has 1 saturated heterocycles. The Kier molecular flexibility index (Phi) is 8.04. The summed E-state index contributed by atoms with van der Waals surface area (Å²) in [5.41, 5.74) is -0.446. The van der Waals surface area contributed by atoms with Gasteiger partial charge in [0.25, 0.3) is 0 Å². The smallest absolute Gasteiger partial charge is 0.410 e. The third kappa shape index (κ3) is 5.94. The Morgan fingerprint density at radius 3 is 2.75 bits per heavy atom. The molecule has 140 valence electrons. The Morgan fingerprint density at radius 1 is 1.42 bits per heavy atom. The summed E-state index contributed by atoms with van der Waals surface area (Å²) in [5.74, 6) is 0.975. The van der Waals surface area contributed by atoms with Gasteiger partial charge in [0, 0.05) is 32.7 Å². The molecule has 8 heteroatoms. The van der Waals surface area contributed by atoms with E-state index in [1.807, 2.05) is 20.8 Å². The lowest BCUT2D eigenvalue weighted by Crippen LogP contribution is -2.57. The molecular formula is C16H32IN5O2. The topological polar surface area (TPSA) is 60.4 Å². The van der Waals surface area contributed by atoms with Crippen LogP contribution < -0.4 is 5.32 Å². The average molecular weight is 453 g/mol. The van der Waals surface area contributed by atoms with Crippen LogP contribution in [0.25, 0.3) is 0 Å². The molecule has 2 aliphatic heterocycles. The van der Waals surface area contributed by atoms with Gasteiger partial charge in [-0.2, -0.15) is 0 Å². The maximum atomic E-state index is 12.2. The van der Waals surface area contributed by atoms with Crippen LogP contribution in [0.3, 0.4) is 0 Å². The monoisotopic (exact) mass is 453 g/mol. The number of piperazine rings is 1. The summed E-state index contributed by atoms with van der Waals surface area (Å²) < 4.78 is 5.47. The summed E-state index contributed by atoms with van der Waals surface area (Å²) in [5, 5.41) is 3.43. The molecule has 7 nitrogen and oxygen atoms in total. The maximum absolute atomic E-state index is 12.2. The second-order valence-electron chi connectivity index (χ2n) is 7.26. The molecule has 1 amide bonds. The van der Waals surface area contributed by atoms with Crippen LogP contribution in [0.5, 0.6) is 0 Å². The number of hydrogen-bond donors (Lipinski definition) is 1. The van der Waals surface area contributed by atoms with E-state index in [4.69, 9.17) is 4.74 Å². The Morgan fingerprint density at radius 2 is 2.12 bits per heavy atom. The van der Waals surface area contributed by atoms with Crippen LogP contribution in [0, 0.1) is 0 Å². The highest BCUT2D eigenvalue weighted by Gasteiger charge is 2.36. The molecule has 2 rings (SSSR count). The van der Waals surface area contributed by atoms with Crippen molar-refractivity contribution in [2.24, 2.45) is 4.99 Å². The lowest BCUT2D eigenvalue weighted by atomic mass is 10.2. The van der Waals surface area contributed by atoms with Crippen molar-refractivity contribution in [1.82, 2.24) is 20.0 Å². The minimum Gasteiger partial charge on any atom is -0.444 e. The van der Waals surface area contributed by atoms with Gasteiger partial charge in [-0.3, -0.25) is 4.99 Å². The highest BCUT2D eigenvalue weighted by Crippen LogP contribution is 2.18. The Labute approximate surface area is 162 Å². The number of nitrogens with one attached hydrogen (secondary N) is 1. The highest BCUT2D eigenvalue weighted by atomic mass is 127. The highest BCUT2D eigenvalue weighted by molar-refractivity contribution is 14.0. The number of likely N-dealkylation sites (N-methyl/N-ethyl adjacent to an activating group) is 1. The molecule has 0 aliphatic carbocycles. The summed E-state index contributed by atoms with van der Waals surface area (Å²) in [7, 11) is 2.11. The molecular weight excluding hydrogens is 421 g/mol. The van der Waals surface area contributed by atoms with Crippen molar-refractivity contribution in [3.05, 3.63) is 0 Å². The lowest BCUT2D eigenvalue weighted by Gasteiger charge is -2.39. The zero-order valence-electron chi connectivity index (χ0n) is 15.5. The third-order valence-corrected chi connectivity index (χ3v) is 4.17. The maximum Gasteiger partial charge on any atom is 0.410 e. The van der Waals surface area contributed by atoms with Crippen LogP contribution in [-0.4, -0.2) is 91.3 Å². The number of guanidine groups is 1. The zero-order chi connectivity index (χ0) is 17.0. The van der Waals surface area contributed by atoms with E-state index >= 15 is 0 Å². The molecule has 0 bridgehead atoms.